The van der Waals surface area contributed by atoms with Crippen LogP contribution in [-0.2, 0) is 6.42 Å². The molecule has 2 heterocycles. The number of fused-ring (bicyclic) bond motifs is 2. The molecule has 0 unspecified atom stereocenters. The van der Waals surface area contributed by atoms with Crippen LogP contribution in [0, 0.1) is 0 Å². The zero-order valence-corrected chi connectivity index (χ0v) is 14.1. The van der Waals surface area contributed by atoms with Crippen molar-refractivity contribution in [1.82, 2.24) is 15.3 Å². The lowest BCUT2D eigenvalue weighted by Gasteiger charge is -2.27. The maximum Gasteiger partial charge on any atom is 0.280 e. The average Bonchev–Trinajstić information content (AvgIpc) is 2.66. The fourth-order valence-corrected chi connectivity index (χ4v) is 3.08. The normalized spacial score (nSPS) is 15.8. The van der Waals surface area contributed by atoms with Crippen LogP contribution in [0.15, 0.2) is 47.3 Å². The second-order valence-corrected chi connectivity index (χ2v) is 6.07. The number of carbonyl (C=O) groups excluding carboxylic acids is 1. The molecule has 0 saturated heterocycles. The third-order valence-electron chi connectivity index (χ3n) is 4.33. The Morgan fingerprint density at radius 1 is 1.27 bits per heavy atom. The maximum atomic E-state index is 12.5. The predicted molar refractivity (Wildman–Crippen MR) is 95.8 cm³/mol. The van der Waals surface area contributed by atoms with Crippen LogP contribution in [0.3, 0.4) is 0 Å². The molecule has 7 heteroatoms. The summed E-state index contributed by atoms with van der Waals surface area (Å²) in [5.74, 6) is 0.846. The van der Waals surface area contributed by atoms with Crippen LogP contribution in [0.25, 0.3) is 11.0 Å². The molecule has 4 rings (SSSR count). The molecule has 0 fully saturated rings. The molecular weight excluding hydrogens is 334 g/mol. The van der Waals surface area contributed by atoms with Gasteiger partial charge in [0, 0.05) is 5.56 Å². The van der Waals surface area contributed by atoms with Crippen molar-refractivity contribution >= 4 is 16.9 Å². The molecule has 2 aromatic carbocycles. The molecule has 2 N–H and O–H groups in total. The smallest absolute Gasteiger partial charge is 0.280 e. The Balaban J connectivity index is 1.56. The summed E-state index contributed by atoms with van der Waals surface area (Å²) in [6.07, 6.45) is 0.587. The first-order valence-electron chi connectivity index (χ1n) is 8.24. The summed E-state index contributed by atoms with van der Waals surface area (Å²) in [5, 5.41) is 2.83. The molecule has 1 amide bonds. The van der Waals surface area contributed by atoms with Crippen LogP contribution in [0.4, 0.5) is 0 Å². The van der Waals surface area contributed by atoms with Gasteiger partial charge in [0.2, 0.25) is 0 Å². The van der Waals surface area contributed by atoms with E-state index < -0.39 is 11.5 Å². The summed E-state index contributed by atoms with van der Waals surface area (Å²) in [7, 11) is 1.59. The Morgan fingerprint density at radius 3 is 2.96 bits per heavy atom. The van der Waals surface area contributed by atoms with Crippen LogP contribution in [0.1, 0.15) is 16.1 Å². The molecule has 0 spiro atoms. The number of methoxy groups -OCH3 is 1. The van der Waals surface area contributed by atoms with Gasteiger partial charge in [-0.15, -0.1) is 0 Å². The van der Waals surface area contributed by atoms with E-state index in [1.54, 1.807) is 31.4 Å². The van der Waals surface area contributed by atoms with Gasteiger partial charge in [-0.1, -0.05) is 24.3 Å². The molecule has 1 aromatic heterocycles. The van der Waals surface area contributed by atoms with Gasteiger partial charge in [-0.2, -0.15) is 0 Å². The number of para-hydroxylation sites is 3. The standard InChI is InChI=1S/C19H17N3O4/c1-25-15-8-4-5-11-9-12(10-26-17(11)15)20-18(23)16-19(24)22-14-7-3-2-6-13(14)21-16/h2-8,12H,9-10H2,1H3,(H,20,23)(H,22,24)/t12-/m0/s1. The molecule has 1 aliphatic rings. The molecule has 0 bridgehead atoms. The number of hydrogen-bond acceptors (Lipinski definition) is 5. The van der Waals surface area contributed by atoms with Gasteiger partial charge in [-0.25, -0.2) is 4.98 Å². The van der Waals surface area contributed by atoms with Gasteiger partial charge in [-0.05, 0) is 24.6 Å². The zero-order valence-electron chi connectivity index (χ0n) is 14.1. The number of aromatic amines is 1. The highest BCUT2D eigenvalue weighted by Crippen LogP contribution is 2.34. The minimum absolute atomic E-state index is 0.153. The average molecular weight is 351 g/mol. The number of hydrogen-bond donors (Lipinski definition) is 2. The largest absolute Gasteiger partial charge is 0.493 e. The molecule has 0 radical (unpaired) electrons. The van der Waals surface area contributed by atoms with E-state index in [-0.39, 0.29) is 11.7 Å². The molecule has 0 saturated carbocycles. The molecule has 1 atom stereocenters. The van der Waals surface area contributed by atoms with Gasteiger partial charge in [0.25, 0.3) is 11.5 Å². The predicted octanol–water partition coefficient (Wildman–Crippen LogP) is 1.67. The number of carbonyl (C=O) groups is 1. The van der Waals surface area contributed by atoms with Crippen LogP contribution < -0.4 is 20.3 Å². The minimum Gasteiger partial charge on any atom is -0.493 e. The Bertz CT molecular complexity index is 1040. The van der Waals surface area contributed by atoms with Crippen LogP contribution >= 0.6 is 0 Å². The zero-order chi connectivity index (χ0) is 18.1. The van der Waals surface area contributed by atoms with Crippen molar-refractivity contribution in [2.75, 3.05) is 13.7 Å². The molecule has 132 valence electrons. The van der Waals surface area contributed by atoms with E-state index in [4.69, 9.17) is 9.47 Å². The number of nitrogens with zero attached hydrogens (tertiary/aromatic N) is 1. The summed E-state index contributed by atoms with van der Waals surface area (Å²) < 4.78 is 11.0. The van der Waals surface area contributed by atoms with Crippen molar-refractivity contribution in [2.45, 2.75) is 12.5 Å². The summed E-state index contributed by atoms with van der Waals surface area (Å²) in [4.78, 5) is 31.6. The van der Waals surface area contributed by atoms with Crippen molar-refractivity contribution in [3.63, 3.8) is 0 Å². The first-order valence-corrected chi connectivity index (χ1v) is 8.24. The van der Waals surface area contributed by atoms with Gasteiger partial charge in [-0.3, -0.25) is 9.59 Å². The monoisotopic (exact) mass is 351 g/mol. The Hall–Kier alpha value is -3.35. The fourth-order valence-electron chi connectivity index (χ4n) is 3.08. The van der Waals surface area contributed by atoms with Gasteiger partial charge in [0.1, 0.15) is 6.61 Å². The van der Waals surface area contributed by atoms with E-state index in [0.29, 0.717) is 35.6 Å². The third kappa shape index (κ3) is 2.88. The van der Waals surface area contributed by atoms with Crippen LogP contribution in [0.2, 0.25) is 0 Å². The van der Waals surface area contributed by atoms with E-state index in [1.165, 1.54) is 0 Å². The van der Waals surface area contributed by atoms with Gasteiger partial charge >= 0.3 is 0 Å². The van der Waals surface area contributed by atoms with E-state index in [1.807, 2.05) is 18.2 Å². The highest BCUT2D eigenvalue weighted by atomic mass is 16.5. The van der Waals surface area contributed by atoms with Crippen LogP contribution in [-0.4, -0.2) is 35.6 Å². The highest BCUT2D eigenvalue weighted by Gasteiger charge is 2.25. The minimum atomic E-state index is -0.517. The molecule has 0 aliphatic carbocycles. The van der Waals surface area contributed by atoms with Gasteiger partial charge in [0.05, 0.1) is 24.2 Å². The number of rotatable bonds is 3. The second-order valence-electron chi connectivity index (χ2n) is 6.07. The number of H-pyrrole nitrogens is 1. The van der Waals surface area contributed by atoms with E-state index in [2.05, 4.69) is 15.3 Å². The van der Waals surface area contributed by atoms with Crippen molar-refractivity contribution in [3.8, 4) is 11.5 Å². The summed E-state index contributed by atoms with van der Waals surface area (Å²) in [6, 6.07) is 12.5. The van der Waals surface area contributed by atoms with E-state index in [0.717, 1.165) is 5.56 Å². The molecule has 1 aliphatic heterocycles. The Morgan fingerprint density at radius 2 is 2.12 bits per heavy atom. The molecule has 7 nitrogen and oxygen atoms in total. The summed E-state index contributed by atoms with van der Waals surface area (Å²) in [5.41, 5.74) is 1.43. The van der Waals surface area contributed by atoms with Crippen molar-refractivity contribution < 1.29 is 14.3 Å². The maximum absolute atomic E-state index is 12.5. The van der Waals surface area contributed by atoms with Crippen molar-refractivity contribution in [1.29, 1.82) is 0 Å². The lowest BCUT2D eigenvalue weighted by molar-refractivity contribution is 0.0908. The second kappa shape index (κ2) is 6.51. The Labute approximate surface area is 149 Å². The number of ether oxygens (including phenoxy) is 2. The SMILES string of the molecule is COc1cccc2c1OC[C@@H](NC(=O)c1nc3ccccc3[nH]c1=O)C2. The van der Waals surface area contributed by atoms with Gasteiger partial charge in [0.15, 0.2) is 17.2 Å². The van der Waals surface area contributed by atoms with E-state index in [9.17, 15) is 9.59 Å². The fraction of sp³-hybridized carbons (Fsp3) is 0.211. The quantitative estimate of drug-likeness (QED) is 0.749. The third-order valence-corrected chi connectivity index (χ3v) is 4.33. The number of benzene rings is 2. The lowest BCUT2D eigenvalue weighted by Crippen LogP contribution is -2.44. The highest BCUT2D eigenvalue weighted by molar-refractivity contribution is 5.93. The molecule has 3 aromatic rings. The number of aromatic nitrogens is 2. The summed E-state index contributed by atoms with van der Waals surface area (Å²) in [6.45, 7) is 0.296. The van der Waals surface area contributed by atoms with Gasteiger partial charge < -0.3 is 19.8 Å². The topological polar surface area (TPSA) is 93.3 Å². The van der Waals surface area contributed by atoms with Crippen LogP contribution in [0.5, 0.6) is 11.5 Å². The first-order chi connectivity index (χ1) is 12.7. The lowest BCUT2D eigenvalue weighted by atomic mass is 10.0. The number of amides is 1. The van der Waals surface area contributed by atoms with E-state index >= 15 is 0 Å². The molecule has 26 heavy (non-hydrogen) atoms. The molecular formula is C19H17N3O4. The van der Waals surface area contributed by atoms with Crippen molar-refractivity contribution in [3.05, 3.63) is 64.1 Å². The first kappa shape index (κ1) is 16.1. The Kier molecular flexibility index (Phi) is 4.04. The number of nitrogens with one attached hydrogen (secondary N) is 2. The summed E-state index contributed by atoms with van der Waals surface area (Å²) >= 11 is 0. The van der Waals surface area contributed by atoms with Crippen molar-refractivity contribution in [2.24, 2.45) is 0 Å².